The molecule has 4 aromatic rings. The molecule has 182 valence electrons. The van der Waals surface area contributed by atoms with Crippen molar-refractivity contribution in [3.63, 3.8) is 0 Å². The summed E-state index contributed by atoms with van der Waals surface area (Å²) in [7, 11) is -4.12. The quantitative estimate of drug-likeness (QED) is 0.392. The van der Waals surface area contributed by atoms with Gasteiger partial charge in [0.25, 0.3) is 0 Å². The molecule has 0 N–H and O–H groups in total. The number of anilines is 1. The first-order chi connectivity index (χ1) is 16.6. The van der Waals surface area contributed by atoms with Gasteiger partial charge in [0.2, 0.25) is 10.0 Å². The molecule has 1 fully saturated rings. The highest BCUT2D eigenvalue weighted by molar-refractivity contribution is 7.89. The molecular weight excluding hydrogens is 490 g/mol. The van der Waals surface area contributed by atoms with Gasteiger partial charge in [0.15, 0.2) is 17.0 Å². The van der Waals surface area contributed by atoms with E-state index in [0.717, 1.165) is 22.5 Å². The summed E-state index contributed by atoms with van der Waals surface area (Å²) >= 11 is 0. The highest BCUT2D eigenvalue weighted by Gasteiger charge is 2.34. The Labute approximate surface area is 196 Å². The molecule has 0 spiro atoms. The molecule has 0 bridgehead atoms. The fourth-order valence-corrected chi connectivity index (χ4v) is 5.34. The summed E-state index contributed by atoms with van der Waals surface area (Å²) in [5.41, 5.74) is 0.0988. The van der Waals surface area contributed by atoms with Crippen LogP contribution in [0.4, 0.5) is 23.4 Å². The fourth-order valence-electron chi connectivity index (χ4n) is 3.87. The van der Waals surface area contributed by atoms with Crippen LogP contribution in [0.3, 0.4) is 0 Å². The van der Waals surface area contributed by atoms with Crippen molar-refractivity contribution in [3.8, 4) is 5.69 Å². The maximum atomic E-state index is 13.7. The summed E-state index contributed by atoms with van der Waals surface area (Å²) in [6.45, 7) is 0.498. The van der Waals surface area contributed by atoms with Crippen LogP contribution in [0, 0.1) is 5.82 Å². The molecule has 0 amide bonds. The van der Waals surface area contributed by atoms with E-state index in [2.05, 4.69) is 20.3 Å². The van der Waals surface area contributed by atoms with Gasteiger partial charge in [-0.05, 0) is 36.4 Å². The number of alkyl halides is 3. The van der Waals surface area contributed by atoms with Crippen LogP contribution in [-0.2, 0) is 16.2 Å². The average molecular weight is 507 g/mol. The van der Waals surface area contributed by atoms with Gasteiger partial charge in [-0.2, -0.15) is 22.2 Å². The summed E-state index contributed by atoms with van der Waals surface area (Å²) in [6, 6.07) is 9.46. The molecule has 2 aromatic carbocycles. The van der Waals surface area contributed by atoms with Crippen molar-refractivity contribution in [3.05, 3.63) is 66.2 Å². The molecule has 35 heavy (non-hydrogen) atoms. The zero-order valence-electron chi connectivity index (χ0n) is 17.9. The van der Waals surface area contributed by atoms with Crippen LogP contribution < -0.4 is 4.90 Å². The van der Waals surface area contributed by atoms with Crippen LogP contribution in [0.25, 0.3) is 16.9 Å². The number of halogens is 4. The van der Waals surface area contributed by atoms with Crippen molar-refractivity contribution in [1.29, 1.82) is 0 Å². The largest absolute Gasteiger partial charge is 0.416 e. The van der Waals surface area contributed by atoms with E-state index in [1.807, 2.05) is 0 Å². The second-order valence-corrected chi connectivity index (χ2v) is 9.71. The minimum absolute atomic E-state index is 0.0299. The van der Waals surface area contributed by atoms with Gasteiger partial charge < -0.3 is 4.90 Å². The minimum atomic E-state index is -4.65. The maximum absolute atomic E-state index is 13.7. The van der Waals surface area contributed by atoms with E-state index >= 15 is 0 Å². The molecule has 0 aliphatic carbocycles. The zero-order valence-corrected chi connectivity index (χ0v) is 18.7. The third-order valence-corrected chi connectivity index (χ3v) is 7.50. The van der Waals surface area contributed by atoms with Gasteiger partial charge in [-0.25, -0.2) is 22.8 Å². The highest BCUT2D eigenvalue weighted by atomic mass is 32.2. The molecule has 9 nitrogen and oxygen atoms in total. The standard InChI is InChI=1S/C21H17F4N7O2S/c22-15-4-2-5-16(12-15)32-20-18(28-29-32)19(26-13-27-20)30-7-9-31(10-8-30)35(33,34)17-6-1-3-14(11-17)21(23,24)25/h1-6,11-13H,7-10H2. The Balaban J connectivity index is 1.38. The third-order valence-electron chi connectivity index (χ3n) is 5.61. The molecule has 1 aliphatic rings. The van der Waals surface area contributed by atoms with Crippen LogP contribution >= 0.6 is 0 Å². The number of sulfonamides is 1. The van der Waals surface area contributed by atoms with Gasteiger partial charge in [-0.15, -0.1) is 5.10 Å². The van der Waals surface area contributed by atoms with E-state index in [9.17, 15) is 26.0 Å². The summed E-state index contributed by atoms with van der Waals surface area (Å²) in [5.74, 6) is -0.0210. The van der Waals surface area contributed by atoms with Gasteiger partial charge in [0.1, 0.15) is 12.1 Å². The zero-order chi connectivity index (χ0) is 24.8. The Morgan fingerprint density at radius 1 is 0.914 bits per heavy atom. The van der Waals surface area contributed by atoms with Crippen LogP contribution in [0.1, 0.15) is 5.56 Å². The number of nitrogens with zero attached hydrogens (tertiary/aromatic N) is 7. The lowest BCUT2D eigenvalue weighted by molar-refractivity contribution is -0.137. The van der Waals surface area contributed by atoms with Gasteiger partial charge in [-0.3, -0.25) is 0 Å². The minimum Gasteiger partial charge on any atom is -0.352 e. The van der Waals surface area contributed by atoms with Gasteiger partial charge in [0.05, 0.1) is 16.1 Å². The molecule has 5 rings (SSSR count). The molecule has 0 atom stereocenters. The van der Waals surface area contributed by atoms with Crippen molar-refractivity contribution in [1.82, 2.24) is 29.3 Å². The fraction of sp³-hybridized carbons (Fsp3) is 0.238. The van der Waals surface area contributed by atoms with E-state index < -0.39 is 32.5 Å². The Kier molecular flexibility index (Phi) is 5.63. The molecule has 3 heterocycles. The first-order valence-electron chi connectivity index (χ1n) is 10.4. The number of hydrogen-bond acceptors (Lipinski definition) is 7. The summed E-state index contributed by atoms with van der Waals surface area (Å²) in [4.78, 5) is 9.86. The molecule has 0 saturated carbocycles. The molecule has 0 radical (unpaired) electrons. The molecule has 1 saturated heterocycles. The molecule has 2 aromatic heterocycles. The van der Waals surface area contributed by atoms with Crippen molar-refractivity contribution < 1.29 is 26.0 Å². The Morgan fingerprint density at radius 3 is 2.37 bits per heavy atom. The molecule has 14 heteroatoms. The second kappa shape index (κ2) is 8.53. The number of piperazine rings is 1. The predicted octanol–water partition coefficient (Wildman–Crippen LogP) is 2.88. The summed E-state index contributed by atoms with van der Waals surface area (Å²) < 4.78 is 81.2. The number of benzene rings is 2. The Bertz CT molecular complexity index is 1500. The lowest BCUT2D eigenvalue weighted by Gasteiger charge is -2.34. The monoisotopic (exact) mass is 507 g/mol. The maximum Gasteiger partial charge on any atom is 0.416 e. The van der Waals surface area contributed by atoms with E-state index in [4.69, 9.17) is 0 Å². The third kappa shape index (κ3) is 4.30. The van der Waals surface area contributed by atoms with Crippen LogP contribution in [0.15, 0.2) is 59.8 Å². The van der Waals surface area contributed by atoms with E-state index in [1.54, 1.807) is 11.0 Å². The molecular formula is C21H17F4N7O2S. The van der Waals surface area contributed by atoms with Gasteiger partial charge in [0, 0.05) is 26.2 Å². The van der Waals surface area contributed by atoms with E-state index in [1.165, 1.54) is 29.2 Å². The molecule has 1 aliphatic heterocycles. The Hall–Kier alpha value is -3.65. The summed E-state index contributed by atoms with van der Waals surface area (Å²) in [6.07, 6.45) is -3.34. The second-order valence-electron chi connectivity index (χ2n) is 7.77. The van der Waals surface area contributed by atoms with Crippen LogP contribution in [0.5, 0.6) is 0 Å². The number of rotatable bonds is 4. The van der Waals surface area contributed by atoms with Crippen molar-refractivity contribution in [2.24, 2.45) is 0 Å². The van der Waals surface area contributed by atoms with Crippen molar-refractivity contribution in [2.45, 2.75) is 11.1 Å². The lowest BCUT2D eigenvalue weighted by Crippen LogP contribution is -2.49. The van der Waals surface area contributed by atoms with Crippen molar-refractivity contribution >= 4 is 27.0 Å². The van der Waals surface area contributed by atoms with Crippen molar-refractivity contribution in [2.75, 3.05) is 31.1 Å². The SMILES string of the molecule is O=S(=O)(c1cccc(C(F)(F)F)c1)N1CCN(c2ncnc3c2nnn3-c2cccc(F)c2)CC1. The van der Waals surface area contributed by atoms with Gasteiger partial charge >= 0.3 is 6.18 Å². The van der Waals surface area contributed by atoms with Crippen LogP contribution in [-0.4, -0.2) is 63.9 Å². The summed E-state index contributed by atoms with van der Waals surface area (Å²) in [5, 5.41) is 8.19. The number of fused-ring (bicyclic) bond motifs is 1. The smallest absolute Gasteiger partial charge is 0.352 e. The first-order valence-corrected chi connectivity index (χ1v) is 11.8. The predicted molar refractivity (Wildman–Crippen MR) is 117 cm³/mol. The average Bonchev–Trinajstić information content (AvgIpc) is 3.28. The van der Waals surface area contributed by atoms with E-state index in [0.29, 0.717) is 28.7 Å². The topological polar surface area (TPSA) is 97.1 Å². The number of aromatic nitrogens is 5. The normalized spacial score (nSPS) is 15.6. The lowest BCUT2D eigenvalue weighted by atomic mass is 10.2. The van der Waals surface area contributed by atoms with E-state index in [-0.39, 0.29) is 26.2 Å². The first kappa shape index (κ1) is 23.1. The van der Waals surface area contributed by atoms with Crippen LogP contribution in [0.2, 0.25) is 0 Å². The van der Waals surface area contributed by atoms with Gasteiger partial charge in [-0.1, -0.05) is 17.3 Å². The number of hydrogen-bond donors (Lipinski definition) is 0. The molecule has 0 unspecified atom stereocenters. The Morgan fingerprint density at radius 2 is 1.66 bits per heavy atom. The highest BCUT2D eigenvalue weighted by Crippen LogP contribution is 2.31.